The van der Waals surface area contributed by atoms with Crippen molar-refractivity contribution in [3.63, 3.8) is 0 Å². The van der Waals surface area contributed by atoms with E-state index in [1.165, 1.54) is 26.4 Å². The molecule has 0 aliphatic heterocycles. The lowest BCUT2D eigenvalue weighted by molar-refractivity contribution is -0.142. The first-order valence-electron chi connectivity index (χ1n) is 14.4. The van der Waals surface area contributed by atoms with Gasteiger partial charge in [0, 0.05) is 35.1 Å². The van der Waals surface area contributed by atoms with Crippen molar-refractivity contribution in [1.82, 2.24) is 9.97 Å². The number of rotatable bonds is 10. The van der Waals surface area contributed by atoms with Gasteiger partial charge in [-0.3, -0.25) is 28.8 Å². The lowest BCUT2D eigenvalue weighted by Gasteiger charge is -2.27. The lowest BCUT2D eigenvalue weighted by atomic mass is 9.76. The molecule has 0 saturated heterocycles. The van der Waals surface area contributed by atoms with Crippen molar-refractivity contribution in [2.45, 2.75) is 24.7 Å². The van der Waals surface area contributed by atoms with Crippen molar-refractivity contribution in [1.29, 1.82) is 0 Å². The molecule has 0 radical (unpaired) electrons. The van der Waals surface area contributed by atoms with Gasteiger partial charge in [0.25, 0.3) is 11.1 Å². The number of hydrogen-bond acceptors (Lipinski definition) is 12. The minimum Gasteiger partial charge on any atom is -0.504 e. The second kappa shape index (κ2) is 13.3. The van der Waals surface area contributed by atoms with Crippen LogP contribution in [0.4, 0.5) is 0 Å². The van der Waals surface area contributed by atoms with Crippen LogP contribution in [0.3, 0.4) is 0 Å². The predicted octanol–water partition coefficient (Wildman–Crippen LogP) is 3.16. The average Bonchev–Trinajstić information content (AvgIpc) is 3.08. The van der Waals surface area contributed by atoms with Crippen molar-refractivity contribution >= 4 is 45.3 Å². The van der Waals surface area contributed by atoms with E-state index < -0.39 is 82.0 Å². The zero-order chi connectivity index (χ0) is 34.9. The van der Waals surface area contributed by atoms with Crippen LogP contribution in [0.2, 0.25) is 0 Å². The van der Waals surface area contributed by atoms with Crippen molar-refractivity contribution in [2.75, 3.05) is 28.4 Å². The van der Waals surface area contributed by atoms with Gasteiger partial charge in [-0.05, 0) is 47.2 Å². The molecule has 4 aromatic rings. The summed E-state index contributed by atoms with van der Waals surface area (Å²) in [7, 11) is 5.03. The summed E-state index contributed by atoms with van der Waals surface area (Å²) in [6, 6.07) is 12.3. The molecule has 248 valence electrons. The first-order chi connectivity index (χ1) is 22.9. The van der Waals surface area contributed by atoms with Gasteiger partial charge in [-0.1, -0.05) is 0 Å². The van der Waals surface area contributed by atoms with Crippen molar-refractivity contribution in [3.8, 4) is 11.5 Å². The van der Waals surface area contributed by atoms with Crippen LogP contribution in [-0.2, 0) is 28.7 Å². The summed E-state index contributed by atoms with van der Waals surface area (Å²) >= 11 is 0. The third-order valence-corrected chi connectivity index (χ3v) is 8.24. The highest BCUT2D eigenvalue weighted by Gasteiger charge is 2.44. The Morgan fingerprint density at radius 2 is 1.00 bits per heavy atom. The van der Waals surface area contributed by atoms with Crippen molar-refractivity contribution in [2.24, 2.45) is 0 Å². The number of aliphatic hydroxyl groups excluding tert-OH is 2. The number of ketones is 2. The number of H-pyrrole nitrogens is 2. The Labute approximate surface area is 271 Å². The van der Waals surface area contributed by atoms with Gasteiger partial charge in [0.1, 0.15) is 11.5 Å². The fourth-order valence-corrected chi connectivity index (χ4v) is 5.76. The van der Waals surface area contributed by atoms with E-state index in [1.807, 2.05) is 0 Å². The number of esters is 2. The zero-order valence-electron chi connectivity index (χ0n) is 26.2. The molecular formula is C34H30N2O12. The second-order valence-corrected chi connectivity index (χ2v) is 10.9. The SMILES string of the molecule is COC(=O)C[C@@H](C1=C(O)C(=O)C([C@H](CC(=O)OC)c2cc3ccc(OC)cc3[nH]c2=O)=C(O)C1=O)c1cc2ccc(OC)cc2[nH]c1=O. The Morgan fingerprint density at radius 3 is 1.33 bits per heavy atom. The van der Waals surface area contributed by atoms with E-state index >= 15 is 0 Å². The van der Waals surface area contributed by atoms with Gasteiger partial charge in [-0.2, -0.15) is 0 Å². The predicted molar refractivity (Wildman–Crippen MR) is 170 cm³/mol. The fraction of sp³-hybridized carbons (Fsp3) is 0.235. The largest absolute Gasteiger partial charge is 0.504 e. The van der Waals surface area contributed by atoms with Crippen LogP contribution in [0, 0.1) is 0 Å². The van der Waals surface area contributed by atoms with Crippen LogP contribution in [0.25, 0.3) is 21.8 Å². The summed E-state index contributed by atoms with van der Waals surface area (Å²) in [6.07, 6.45) is -1.36. The zero-order valence-corrected chi connectivity index (χ0v) is 26.2. The standard InChI is InChI=1S/C34H30N2O12/c1-45-17-7-5-15-9-21(33(43)35-23(15)11-17)19(13-25(37)47-3)27-29(39)31(41)28(32(42)30(27)40)20(14-26(38)48-4)22-10-16-6-8-18(46-2)12-24(16)36-34(22)44/h5-12,19-20,39,42H,13-14H2,1-4H3,(H,35,43)(H,36,44)/t19-,20-/m1/s1. The molecule has 4 N–H and O–H groups in total. The topological polar surface area (TPSA) is 211 Å². The molecule has 5 rings (SSSR count). The van der Waals surface area contributed by atoms with E-state index in [1.54, 1.807) is 36.4 Å². The summed E-state index contributed by atoms with van der Waals surface area (Å²) < 4.78 is 19.9. The quantitative estimate of drug-likeness (QED) is 0.143. The lowest BCUT2D eigenvalue weighted by Crippen LogP contribution is -2.34. The summed E-state index contributed by atoms with van der Waals surface area (Å²) in [4.78, 5) is 84.9. The Bertz CT molecular complexity index is 2030. The van der Waals surface area contributed by atoms with E-state index in [4.69, 9.17) is 18.9 Å². The summed E-state index contributed by atoms with van der Waals surface area (Å²) in [5, 5.41) is 23.6. The van der Waals surface area contributed by atoms with Gasteiger partial charge in [-0.25, -0.2) is 0 Å². The molecule has 0 bridgehead atoms. The molecule has 1 aliphatic carbocycles. The third kappa shape index (κ3) is 6.02. The molecule has 0 unspecified atom stereocenters. The molecule has 14 heteroatoms. The number of allylic oxidation sites excluding steroid dienone is 2. The van der Waals surface area contributed by atoms with Crippen LogP contribution < -0.4 is 20.6 Å². The molecule has 48 heavy (non-hydrogen) atoms. The molecule has 2 aromatic heterocycles. The molecule has 2 heterocycles. The molecule has 0 saturated carbocycles. The van der Waals surface area contributed by atoms with Crippen LogP contribution in [0.15, 0.2) is 80.8 Å². The number of ether oxygens (including phenoxy) is 4. The van der Waals surface area contributed by atoms with Gasteiger partial charge >= 0.3 is 11.9 Å². The number of aliphatic hydroxyl groups is 2. The van der Waals surface area contributed by atoms with Crippen LogP contribution >= 0.6 is 0 Å². The van der Waals surface area contributed by atoms with Crippen molar-refractivity contribution in [3.05, 3.63) is 103 Å². The first-order valence-corrected chi connectivity index (χ1v) is 14.4. The Kier molecular flexibility index (Phi) is 9.18. The van der Waals surface area contributed by atoms with Crippen molar-refractivity contribution < 1.29 is 48.3 Å². The van der Waals surface area contributed by atoms with Gasteiger partial charge in [0.2, 0.25) is 11.6 Å². The number of pyridine rings is 2. The molecule has 0 spiro atoms. The highest BCUT2D eigenvalue weighted by Crippen LogP contribution is 2.40. The molecular weight excluding hydrogens is 628 g/mol. The van der Waals surface area contributed by atoms with Crippen LogP contribution in [-0.4, -0.2) is 72.1 Å². The number of fused-ring (bicyclic) bond motifs is 2. The van der Waals surface area contributed by atoms with Gasteiger partial charge in [0.05, 0.1) is 63.5 Å². The van der Waals surface area contributed by atoms with Gasteiger partial charge in [0.15, 0.2) is 11.5 Å². The maximum absolute atomic E-state index is 13.9. The normalized spacial score (nSPS) is 14.7. The average molecular weight is 659 g/mol. The van der Waals surface area contributed by atoms with Crippen LogP contribution in [0.5, 0.6) is 11.5 Å². The first kappa shape index (κ1) is 33.2. The Balaban J connectivity index is 1.67. The number of aromatic nitrogens is 2. The number of methoxy groups -OCH3 is 4. The van der Waals surface area contributed by atoms with E-state index in [0.29, 0.717) is 33.3 Å². The van der Waals surface area contributed by atoms with E-state index in [0.717, 1.165) is 14.2 Å². The number of benzene rings is 2. The highest BCUT2D eigenvalue weighted by molar-refractivity contribution is 6.24. The number of aromatic amines is 2. The maximum Gasteiger partial charge on any atom is 0.306 e. The minimum absolute atomic E-state index is 0.190. The maximum atomic E-state index is 13.9. The molecule has 0 fully saturated rings. The number of nitrogens with one attached hydrogen (secondary N) is 2. The Hall–Kier alpha value is -6.18. The van der Waals surface area contributed by atoms with Crippen LogP contribution in [0.1, 0.15) is 35.8 Å². The van der Waals surface area contributed by atoms with E-state index in [2.05, 4.69) is 9.97 Å². The molecule has 1 aliphatic rings. The highest BCUT2D eigenvalue weighted by atomic mass is 16.5. The van der Waals surface area contributed by atoms with Gasteiger partial charge < -0.3 is 39.1 Å². The number of carbonyl (C=O) groups excluding carboxylic acids is 4. The molecule has 2 atom stereocenters. The van der Waals surface area contributed by atoms with E-state index in [9.17, 15) is 39.0 Å². The Morgan fingerprint density at radius 1 is 0.625 bits per heavy atom. The smallest absolute Gasteiger partial charge is 0.306 e. The number of hydrogen-bond donors (Lipinski definition) is 4. The number of Topliss-reactive ketones (excluding diaryl/α,β-unsaturated/α-hetero) is 2. The van der Waals surface area contributed by atoms with E-state index in [-0.39, 0.29) is 11.1 Å². The summed E-state index contributed by atoms with van der Waals surface area (Å²) in [5.74, 6) is -9.01. The third-order valence-electron chi connectivity index (χ3n) is 8.24. The second-order valence-electron chi connectivity index (χ2n) is 10.9. The minimum atomic E-state index is -1.56. The molecule has 0 amide bonds. The fourth-order valence-electron chi connectivity index (χ4n) is 5.76. The summed E-state index contributed by atoms with van der Waals surface area (Å²) in [6.45, 7) is 0. The monoisotopic (exact) mass is 658 g/mol. The van der Waals surface area contributed by atoms with Gasteiger partial charge in [-0.15, -0.1) is 0 Å². The summed E-state index contributed by atoms with van der Waals surface area (Å²) in [5.41, 5.74) is -2.68. The number of carbonyl (C=O) groups is 4. The molecule has 2 aromatic carbocycles. The molecule has 14 nitrogen and oxygen atoms in total.